The minimum atomic E-state index is 0. The first-order valence-corrected chi connectivity index (χ1v) is 6.30. The molecule has 0 fully saturated rings. The van der Waals surface area contributed by atoms with Crippen LogP contribution in [0.4, 0.5) is 0 Å². The summed E-state index contributed by atoms with van der Waals surface area (Å²) in [5.41, 5.74) is 0. The Labute approximate surface area is 76.8 Å². The van der Waals surface area contributed by atoms with Gasteiger partial charge in [0, 0.05) is 0 Å². The van der Waals surface area contributed by atoms with Gasteiger partial charge in [0.25, 0.3) is 0 Å². The Bertz CT molecular complexity index is 6.00. The van der Waals surface area contributed by atoms with Gasteiger partial charge in [-0.1, -0.05) is 0 Å². The van der Waals surface area contributed by atoms with Crippen LogP contribution in [0.25, 0.3) is 0 Å². The Hall–Kier alpha value is 2.98. The van der Waals surface area contributed by atoms with Gasteiger partial charge in [-0.25, -0.2) is 0 Å². The second-order valence-electron chi connectivity index (χ2n) is 0.0431. The van der Waals surface area contributed by atoms with Crippen molar-refractivity contribution in [3.63, 3.8) is 0 Å². The molecule has 4 heavy (non-hydrogen) atoms. The zero-order valence-electron chi connectivity index (χ0n) is 2.06. The van der Waals surface area contributed by atoms with Gasteiger partial charge in [0.2, 0.25) is 0 Å². The molecule has 0 aliphatic rings. The molecular weight excluding hydrogens is 340 g/mol. The monoisotopic (exact) mass is 340 g/mol. The summed E-state index contributed by atoms with van der Waals surface area (Å²) in [6.07, 6.45) is 0. The van der Waals surface area contributed by atoms with Gasteiger partial charge >= 0.3 is 78.7 Å². The van der Waals surface area contributed by atoms with Gasteiger partial charge in [-0.15, -0.1) is 0 Å². The van der Waals surface area contributed by atoms with Crippen molar-refractivity contribution in [3.8, 4) is 0 Å². The third-order valence-corrected chi connectivity index (χ3v) is 0. The van der Waals surface area contributed by atoms with Gasteiger partial charge in [0.05, 0.1) is 0 Å². The standard InChI is InChI=1S/Cu.2HI.Na/h;2*1H;/q;;;+1/p-2. The summed E-state index contributed by atoms with van der Waals surface area (Å²) in [7, 11) is 1.75. The van der Waals surface area contributed by atoms with Crippen molar-refractivity contribution in [2.45, 2.75) is 0 Å². The first-order valence-electron chi connectivity index (χ1n) is 0.228. The molecule has 2 radical (unpaired) electrons. The molecule has 0 aromatic heterocycles. The predicted molar refractivity (Wildman–Crippen MR) is 0 cm³/mol. The fourth-order valence-corrected chi connectivity index (χ4v) is 0. The summed E-state index contributed by atoms with van der Waals surface area (Å²) >= 11 is 4.36. The van der Waals surface area contributed by atoms with Crippen molar-refractivity contribution in [1.82, 2.24) is 0 Å². The van der Waals surface area contributed by atoms with Crippen LogP contribution in [0, 0.1) is 0 Å². The van der Waals surface area contributed by atoms with E-state index in [1.165, 1.54) is 0 Å². The number of halogens is 2. The Balaban J connectivity index is 0. The maximum absolute atomic E-state index is 2.18. The van der Waals surface area contributed by atoms with Crippen LogP contribution in [-0.2, 0) is 8.46 Å². The molecule has 0 aromatic carbocycles. The van der Waals surface area contributed by atoms with Crippen LogP contribution < -0.4 is 70.2 Å². The zero-order valence-corrected chi connectivity index (χ0v) is 9.31. The van der Waals surface area contributed by atoms with E-state index in [-0.39, 0.29) is 29.6 Å². The van der Waals surface area contributed by atoms with Gasteiger partial charge < -0.3 is 0 Å². The molecule has 0 saturated carbocycles. The van der Waals surface area contributed by atoms with E-state index in [1.54, 1.807) is 8.46 Å². The van der Waals surface area contributed by atoms with Crippen LogP contribution in [0.5, 0.6) is 0 Å². The van der Waals surface area contributed by atoms with Crippen molar-refractivity contribution in [2.75, 3.05) is 0 Å². The third kappa shape index (κ3) is 8.88. The number of hydrogen-bond acceptors (Lipinski definition) is 0. The van der Waals surface area contributed by atoms with E-state index in [0.29, 0.717) is 0 Å². The van der Waals surface area contributed by atoms with Crippen molar-refractivity contribution in [2.24, 2.45) is 0 Å². The third-order valence-electron chi connectivity index (χ3n) is 0. The van der Waals surface area contributed by atoms with Gasteiger partial charge in [0.15, 0.2) is 0 Å². The second-order valence-corrected chi connectivity index (χ2v) is 7.99. The molecule has 0 rings (SSSR count). The Morgan fingerprint density at radius 2 is 1.25 bits per heavy atom. The molecule has 0 aliphatic heterocycles. The van der Waals surface area contributed by atoms with Crippen molar-refractivity contribution in [1.29, 1.82) is 0 Å². The van der Waals surface area contributed by atoms with E-state index in [2.05, 4.69) is 40.7 Å². The smallest absolute Gasteiger partial charge is 1.00 e. The first kappa shape index (κ1) is 10.1. The molecule has 0 nitrogen and oxygen atoms in total. The van der Waals surface area contributed by atoms with Crippen molar-refractivity contribution in [3.05, 3.63) is 0 Å². The van der Waals surface area contributed by atoms with E-state index in [4.69, 9.17) is 0 Å². The summed E-state index contributed by atoms with van der Waals surface area (Å²) in [6.45, 7) is 0. The van der Waals surface area contributed by atoms with Gasteiger partial charge in [0.1, 0.15) is 0 Å². The average Bonchev–Trinajstić information content (AvgIpc) is 0.918. The maximum atomic E-state index is 2.18. The largest absolute Gasteiger partial charge is 1.00 e. The molecule has 0 aliphatic carbocycles. The van der Waals surface area contributed by atoms with Gasteiger partial charge in [-0.3, -0.25) is 0 Å². The minimum Gasteiger partial charge on any atom is 1.00 e. The van der Waals surface area contributed by atoms with Gasteiger partial charge in [-0.2, -0.15) is 0 Å². The Morgan fingerprint density at radius 1 is 1.25 bits per heavy atom. The predicted octanol–water partition coefficient (Wildman–Crippen LogP) is -8.99. The molecule has 0 amide bonds. The molecule has 0 spiro atoms. The van der Waals surface area contributed by atoms with Crippen LogP contribution in [0.2, 0.25) is 0 Å². The Kier molecular flexibility index (Phi) is 23.6. The average molecular weight is 340 g/mol. The number of rotatable bonds is 0. The molecule has 0 N–H and O–H groups in total. The van der Waals surface area contributed by atoms with Crippen molar-refractivity contribution < 1.29 is 78.7 Å². The van der Waals surface area contributed by atoms with Crippen LogP contribution in [-0.4, -0.2) is 0 Å². The van der Waals surface area contributed by atoms with E-state index in [0.717, 1.165) is 0 Å². The molecule has 0 heterocycles. The summed E-state index contributed by atoms with van der Waals surface area (Å²) in [4.78, 5) is 0. The zero-order chi connectivity index (χ0) is 2.71. The summed E-state index contributed by atoms with van der Waals surface area (Å²) < 4.78 is 0. The van der Waals surface area contributed by atoms with Gasteiger partial charge in [-0.05, 0) is 0 Å². The molecule has 4 heteroatoms. The molecular formula is CuI2Na-. The van der Waals surface area contributed by atoms with Crippen LogP contribution >= 0.6 is 0 Å². The first-order chi connectivity index (χ1) is 1.41. The van der Waals surface area contributed by atoms with Crippen LogP contribution in [0.1, 0.15) is 0 Å². The van der Waals surface area contributed by atoms with Crippen molar-refractivity contribution >= 4 is 0 Å². The molecule has 0 unspecified atom stereocenters. The number of hydrogen-bond donors (Lipinski definition) is 0. The molecule has 27 valence electrons. The topological polar surface area (TPSA) is 0 Å². The minimum absolute atomic E-state index is 0. The molecule has 0 atom stereocenters. The SMILES string of the molecule is [I-][Cu][I-].[Na+]. The molecule has 0 bridgehead atoms. The fourth-order valence-electron chi connectivity index (χ4n) is 0. The molecule has 0 aromatic rings. The fraction of sp³-hybridized carbons (Fsp3) is 0. The summed E-state index contributed by atoms with van der Waals surface area (Å²) in [5, 5.41) is 0. The van der Waals surface area contributed by atoms with E-state index >= 15 is 0 Å². The molecule has 0 saturated heterocycles. The van der Waals surface area contributed by atoms with Crippen LogP contribution in [0.3, 0.4) is 0 Å². The summed E-state index contributed by atoms with van der Waals surface area (Å²) in [6, 6.07) is 0. The van der Waals surface area contributed by atoms with E-state index < -0.39 is 0 Å². The second kappa shape index (κ2) is 9.36. The van der Waals surface area contributed by atoms with E-state index in [9.17, 15) is 0 Å². The summed E-state index contributed by atoms with van der Waals surface area (Å²) in [5.74, 6) is 0. The van der Waals surface area contributed by atoms with E-state index in [1.807, 2.05) is 0 Å². The Morgan fingerprint density at radius 3 is 1.25 bits per heavy atom. The maximum Gasteiger partial charge on any atom is 1.00 e. The van der Waals surface area contributed by atoms with Crippen LogP contribution in [0.15, 0.2) is 0 Å². The quantitative estimate of drug-likeness (QED) is 0.304. The normalized spacial score (nSPS) is 5.50.